The van der Waals surface area contributed by atoms with Crippen LogP contribution in [0.4, 0.5) is 0 Å². The van der Waals surface area contributed by atoms with Gasteiger partial charge in [-0.1, -0.05) is 12.1 Å². The van der Waals surface area contributed by atoms with Crippen LogP contribution < -0.4 is 0 Å². The van der Waals surface area contributed by atoms with E-state index in [9.17, 15) is 0 Å². The maximum atomic E-state index is 8.92. The molecule has 0 aliphatic carbocycles. The Kier molecular flexibility index (Phi) is 1.92. The summed E-state index contributed by atoms with van der Waals surface area (Å²) in [4.78, 5) is 0. The Morgan fingerprint density at radius 3 is 2.10 bits per heavy atom. The molecule has 1 radical (unpaired) electrons. The minimum atomic E-state index is -0.708. The van der Waals surface area contributed by atoms with Crippen LogP contribution in [0.25, 0.3) is 0 Å². The van der Waals surface area contributed by atoms with E-state index in [1.54, 1.807) is 12.1 Å². The summed E-state index contributed by atoms with van der Waals surface area (Å²) in [6.45, 7) is 3.41. The Morgan fingerprint density at radius 2 is 1.70 bits per heavy atom. The summed E-state index contributed by atoms with van der Waals surface area (Å²) in [6.07, 6.45) is -0.708. The van der Waals surface area contributed by atoms with Crippen molar-refractivity contribution in [1.29, 1.82) is 0 Å². The summed E-state index contributed by atoms with van der Waals surface area (Å²) in [7, 11) is 0. The highest BCUT2D eigenvalue weighted by Gasteiger charge is 1.98. The molecule has 2 nitrogen and oxygen atoms in total. The van der Waals surface area contributed by atoms with E-state index in [-0.39, 0.29) is 5.75 Å². The normalized spacial score (nSPS) is 13.0. The average molecular weight is 137 g/mol. The lowest BCUT2D eigenvalue weighted by molar-refractivity contribution is 0.226. The molecule has 0 aliphatic rings. The van der Waals surface area contributed by atoms with Gasteiger partial charge in [-0.2, -0.15) is 0 Å². The van der Waals surface area contributed by atoms with Crippen molar-refractivity contribution in [3.05, 3.63) is 36.8 Å². The smallest absolute Gasteiger partial charge is 0.115 e. The molecule has 0 bridgehead atoms. The second kappa shape index (κ2) is 2.71. The molecule has 2 N–H and O–H groups in total. The van der Waals surface area contributed by atoms with Gasteiger partial charge in [0.1, 0.15) is 5.75 Å². The first-order chi connectivity index (χ1) is 4.70. The lowest BCUT2D eigenvalue weighted by Crippen LogP contribution is -1.88. The van der Waals surface area contributed by atoms with E-state index in [0.29, 0.717) is 5.56 Å². The highest BCUT2D eigenvalue weighted by molar-refractivity contribution is 5.27. The standard InChI is InChI=1S/C8H9O2/c1-6(9)7-2-4-8(10)5-3-7/h2-6,9-10H,1H2/t6-/m0/s1. The fourth-order valence-electron chi connectivity index (χ4n) is 0.696. The quantitative estimate of drug-likeness (QED) is 0.611. The molecular weight excluding hydrogens is 128 g/mol. The Balaban J connectivity index is 2.89. The van der Waals surface area contributed by atoms with Gasteiger partial charge in [0, 0.05) is 0 Å². The molecule has 10 heavy (non-hydrogen) atoms. The number of aromatic hydroxyl groups is 1. The van der Waals surface area contributed by atoms with Gasteiger partial charge in [0.05, 0.1) is 6.10 Å². The zero-order chi connectivity index (χ0) is 7.56. The Morgan fingerprint density at radius 1 is 1.20 bits per heavy atom. The minimum Gasteiger partial charge on any atom is -0.508 e. The van der Waals surface area contributed by atoms with Crippen LogP contribution in [0.1, 0.15) is 11.7 Å². The number of hydrogen-bond acceptors (Lipinski definition) is 2. The third-order valence-electron chi connectivity index (χ3n) is 1.28. The molecule has 0 spiro atoms. The van der Waals surface area contributed by atoms with Crippen molar-refractivity contribution in [2.45, 2.75) is 6.10 Å². The first kappa shape index (κ1) is 7.09. The molecule has 0 unspecified atom stereocenters. The second-order valence-electron chi connectivity index (χ2n) is 2.11. The number of phenolic OH excluding ortho intramolecular Hbond substituents is 1. The molecule has 0 aliphatic heterocycles. The fraction of sp³-hybridized carbons (Fsp3) is 0.125. The van der Waals surface area contributed by atoms with E-state index >= 15 is 0 Å². The summed E-state index contributed by atoms with van der Waals surface area (Å²) in [6, 6.07) is 6.30. The van der Waals surface area contributed by atoms with E-state index in [1.165, 1.54) is 12.1 Å². The molecule has 1 rings (SSSR count). The van der Waals surface area contributed by atoms with E-state index in [4.69, 9.17) is 10.2 Å². The highest BCUT2D eigenvalue weighted by atomic mass is 16.3. The predicted octanol–water partition coefficient (Wildman–Crippen LogP) is 1.26. The van der Waals surface area contributed by atoms with Crippen molar-refractivity contribution in [3.8, 4) is 5.75 Å². The number of hydrogen-bond donors (Lipinski definition) is 2. The third-order valence-corrected chi connectivity index (χ3v) is 1.28. The van der Waals surface area contributed by atoms with Gasteiger partial charge in [0.15, 0.2) is 0 Å². The van der Waals surface area contributed by atoms with Crippen LogP contribution in [0.15, 0.2) is 24.3 Å². The van der Waals surface area contributed by atoms with Crippen LogP contribution in [0.5, 0.6) is 5.75 Å². The summed E-state index contributed by atoms with van der Waals surface area (Å²) in [5, 5.41) is 17.8. The molecule has 1 atom stereocenters. The van der Waals surface area contributed by atoms with Gasteiger partial charge in [-0.05, 0) is 24.6 Å². The second-order valence-corrected chi connectivity index (χ2v) is 2.11. The average Bonchev–Trinajstić information content (AvgIpc) is 1.88. The summed E-state index contributed by atoms with van der Waals surface area (Å²) in [5.74, 6) is 0.199. The summed E-state index contributed by atoms with van der Waals surface area (Å²) in [5.41, 5.74) is 0.706. The minimum absolute atomic E-state index is 0.199. The first-order valence-electron chi connectivity index (χ1n) is 3.00. The predicted molar refractivity (Wildman–Crippen MR) is 38.4 cm³/mol. The van der Waals surface area contributed by atoms with Gasteiger partial charge in [0.2, 0.25) is 0 Å². The van der Waals surface area contributed by atoms with Gasteiger partial charge < -0.3 is 10.2 Å². The number of aliphatic hydroxyl groups is 1. The van der Waals surface area contributed by atoms with Crippen molar-refractivity contribution in [2.75, 3.05) is 0 Å². The third kappa shape index (κ3) is 1.48. The van der Waals surface area contributed by atoms with Crippen molar-refractivity contribution < 1.29 is 10.2 Å². The zero-order valence-corrected chi connectivity index (χ0v) is 5.49. The van der Waals surface area contributed by atoms with Gasteiger partial charge in [-0.15, -0.1) is 0 Å². The molecule has 0 aromatic heterocycles. The highest BCUT2D eigenvalue weighted by Crippen LogP contribution is 2.14. The molecule has 0 fully saturated rings. The summed E-state index contributed by atoms with van der Waals surface area (Å²) < 4.78 is 0. The van der Waals surface area contributed by atoms with Crippen molar-refractivity contribution in [2.24, 2.45) is 0 Å². The van der Waals surface area contributed by atoms with Crippen LogP contribution in [0.3, 0.4) is 0 Å². The maximum Gasteiger partial charge on any atom is 0.115 e. The Labute approximate surface area is 59.7 Å². The van der Waals surface area contributed by atoms with Crippen LogP contribution >= 0.6 is 0 Å². The molecule has 0 amide bonds. The maximum absolute atomic E-state index is 8.92. The van der Waals surface area contributed by atoms with E-state index in [1.807, 2.05) is 0 Å². The largest absolute Gasteiger partial charge is 0.508 e. The monoisotopic (exact) mass is 137 g/mol. The Bertz CT molecular complexity index is 201. The molecule has 1 aromatic rings. The first-order valence-corrected chi connectivity index (χ1v) is 3.00. The van der Waals surface area contributed by atoms with Crippen LogP contribution in [0.2, 0.25) is 0 Å². The Hall–Kier alpha value is -1.02. The fourth-order valence-corrected chi connectivity index (χ4v) is 0.696. The van der Waals surface area contributed by atoms with Gasteiger partial charge >= 0.3 is 0 Å². The number of rotatable bonds is 1. The van der Waals surface area contributed by atoms with Crippen molar-refractivity contribution in [3.63, 3.8) is 0 Å². The number of benzene rings is 1. The van der Waals surface area contributed by atoms with Crippen LogP contribution in [-0.2, 0) is 0 Å². The molecule has 53 valence electrons. The SMILES string of the molecule is [CH2][C@H](O)c1ccc(O)cc1. The molecular formula is C8H9O2. The van der Waals surface area contributed by atoms with E-state index in [2.05, 4.69) is 6.92 Å². The van der Waals surface area contributed by atoms with Crippen molar-refractivity contribution in [1.82, 2.24) is 0 Å². The van der Waals surface area contributed by atoms with Crippen molar-refractivity contribution >= 4 is 0 Å². The number of aliphatic hydroxyl groups excluding tert-OH is 1. The zero-order valence-electron chi connectivity index (χ0n) is 5.49. The molecule has 1 aromatic carbocycles. The lowest BCUT2D eigenvalue weighted by atomic mass is 10.1. The van der Waals surface area contributed by atoms with Crippen LogP contribution in [-0.4, -0.2) is 10.2 Å². The molecule has 0 heterocycles. The molecule has 2 heteroatoms. The lowest BCUT2D eigenvalue weighted by Gasteiger charge is -2.02. The molecule has 0 saturated carbocycles. The van der Waals surface area contributed by atoms with E-state index in [0.717, 1.165) is 0 Å². The van der Waals surface area contributed by atoms with E-state index < -0.39 is 6.10 Å². The van der Waals surface area contributed by atoms with Gasteiger partial charge in [-0.3, -0.25) is 0 Å². The number of phenols is 1. The molecule has 0 saturated heterocycles. The van der Waals surface area contributed by atoms with Gasteiger partial charge in [-0.25, -0.2) is 0 Å². The van der Waals surface area contributed by atoms with Crippen LogP contribution in [0, 0.1) is 6.92 Å². The summed E-state index contributed by atoms with van der Waals surface area (Å²) >= 11 is 0. The van der Waals surface area contributed by atoms with Gasteiger partial charge in [0.25, 0.3) is 0 Å². The topological polar surface area (TPSA) is 40.5 Å².